The van der Waals surface area contributed by atoms with E-state index in [1.54, 1.807) is 19.1 Å². The van der Waals surface area contributed by atoms with E-state index in [1.165, 1.54) is 6.26 Å². The fraction of sp³-hybridized carbons (Fsp3) is 0.500. The van der Waals surface area contributed by atoms with E-state index in [4.69, 9.17) is 4.74 Å². The van der Waals surface area contributed by atoms with Crippen molar-refractivity contribution < 1.29 is 18.3 Å². The van der Waals surface area contributed by atoms with Crippen LogP contribution in [0.1, 0.15) is 25.0 Å². The van der Waals surface area contributed by atoms with Crippen molar-refractivity contribution in [3.63, 3.8) is 0 Å². The van der Waals surface area contributed by atoms with Crippen molar-refractivity contribution in [3.05, 3.63) is 28.2 Å². The van der Waals surface area contributed by atoms with Gasteiger partial charge in [-0.1, -0.05) is 22.0 Å². The fourth-order valence-electron chi connectivity index (χ4n) is 1.48. The molecule has 0 fully saturated rings. The summed E-state index contributed by atoms with van der Waals surface area (Å²) in [6, 6.07) is 5.37. The van der Waals surface area contributed by atoms with Crippen molar-refractivity contribution in [1.29, 1.82) is 0 Å². The third kappa shape index (κ3) is 5.37. The quantitative estimate of drug-likeness (QED) is 0.809. The highest BCUT2D eigenvalue weighted by molar-refractivity contribution is 9.10. The van der Waals surface area contributed by atoms with Crippen molar-refractivity contribution in [1.82, 2.24) is 0 Å². The average molecular weight is 337 g/mol. The number of aliphatic hydroxyl groups is 1. The molecule has 1 aromatic carbocycles. The first-order chi connectivity index (χ1) is 8.29. The summed E-state index contributed by atoms with van der Waals surface area (Å²) in [5.74, 6) is 0.679. The summed E-state index contributed by atoms with van der Waals surface area (Å²) in [6.07, 6.45) is 1.01. The molecule has 0 aliphatic carbocycles. The van der Waals surface area contributed by atoms with Crippen molar-refractivity contribution in [3.8, 4) is 5.75 Å². The number of ether oxygens (including phenoxy) is 1. The van der Waals surface area contributed by atoms with Crippen LogP contribution in [0.5, 0.6) is 5.75 Å². The lowest BCUT2D eigenvalue weighted by Gasteiger charge is -2.13. The van der Waals surface area contributed by atoms with Crippen molar-refractivity contribution >= 4 is 25.8 Å². The second-order valence-corrected chi connectivity index (χ2v) is 7.37. The molecule has 18 heavy (non-hydrogen) atoms. The lowest BCUT2D eigenvalue weighted by Crippen LogP contribution is -2.09. The van der Waals surface area contributed by atoms with E-state index in [0.29, 0.717) is 24.3 Å². The Morgan fingerprint density at radius 3 is 2.67 bits per heavy atom. The number of sulfone groups is 1. The van der Waals surface area contributed by atoms with E-state index in [2.05, 4.69) is 15.9 Å². The van der Waals surface area contributed by atoms with Crippen LogP contribution < -0.4 is 4.74 Å². The summed E-state index contributed by atoms with van der Waals surface area (Å²) in [7, 11) is -2.95. The van der Waals surface area contributed by atoms with E-state index in [-0.39, 0.29) is 5.75 Å². The SMILES string of the molecule is C[C@@H](O)c1ccc(Br)cc1OCCCS(C)(=O)=O. The molecule has 0 aromatic heterocycles. The number of hydrogen-bond acceptors (Lipinski definition) is 4. The molecule has 0 spiro atoms. The number of halogens is 1. The van der Waals surface area contributed by atoms with Crippen LogP contribution in [-0.4, -0.2) is 32.1 Å². The van der Waals surface area contributed by atoms with Gasteiger partial charge in [0.2, 0.25) is 0 Å². The van der Waals surface area contributed by atoms with Crippen LogP contribution in [0.4, 0.5) is 0 Å². The van der Waals surface area contributed by atoms with Gasteiger partial charge in [0.25, 0.3) is 0 Å². The maximum Gasteiger partial charge on any atom is 0.147 e. The first-order valence-electron chi connectivity index (χ1n) is 5.57. The van der Waals surface area contributed by atoms with Gasteiger partial charge in [-0.2, -0.15) is 0 Å². The predicted octanol–water partition coefficient (Wildman–Crippen LogP) is 2.32. The maximum atomic E-state index is 11.0. The first-order valence-corrected chi connectivity index (χ1v) is 8.43. The molecule has 6 heteroatoms. The summed E-state index contributed by atoms with van der Waals surface area (Å²) in [5.41, 5.74) is 0.692. The van der Waals surface area contributed by atoms with Crippen molar-refractivity contribution in [2.45, 2.75) is 19.4 Å². The van der Waals surface area contributed by atoms with Crippen LogP contribution >= 0.6 is 15.9 Å². The lowest BCUT2D eigenvalue weighted by atomic mass is 10.1. The largest absolute Gasteiger partial charge is 0.493 e. The van der Waals surface area contributed by atoms with Gasteiger partial charge in [-0.05, 0) is 25.5 Å². The van der Waals surface area contributed by atoms with Gasteiger partial charge >= 0.3 is 0 Å². The molecule has 0 amide bonds. The molecular formula is C12H17BrO4S. The Morgan fingerprint density at radius 1 is 1.44 bits per heavy atom. The minimum absolute atomic E-state index is 0.102. The number of aliphatic hydroxyl groups excluding tert-OH is 1. The highest BCUT2D eigenvalue weighted by Gasteiger charge is 2.10. The lowest BCUT2D eigenvalue weighted by molar-refractivity contribution is 0.191. The maximum absolute atomic E-state index is 11.0. The Balaban J connectivity index is 2.63. The van der Waals surface area contributed by atoms with Crippen LogP contribution in [0, 0.1) is 0 Å². The summed E-state index contributed by atoms with van der Waals surface area (Å²) in [6.45, 7) is 1.97. The summed E-state index contributed by atoms with van der Waals surface area (Å²) < 4.78 is 28.3. The van der Waals surface area contributed by atoms with Crippen LogP contribution in [0.25, 0.3) is 0 Å². The van der Waals surface area contributed by atoms with Gasteiger partial charge in [0.05, 0.1) is 18.5 Å². The molecule has 1 aromatic rings. The van der Waals surface area contributed by atoms with E-state index in [9.17, 15) is 13.5 Å². The van der Waals surface area contributed by atoms with E-state index >= 15 is 0 Å². The molecule has 0 radical (unpaired) electrons. The Labute approximate surface area is 116 Å². The number of hydrogen-bond donors (Lipinski definition) is 1. The van der Waals surface area contributed by atoms with Crippen LogP contribution in [0.2, 0.25) is 0 Å². The normalized spacial score (nSPS) is 13.3. The van der Waals surface area contributed by atoms with E-state index < -0.39 is 15.9 Å². The highest BCUT2D eigenvalue weighted by Crippen LogP contribution is 2.28. The van der Waals surface area contributed by atoms with E-state index in [0.717, 1.165) is 4.47 Å². The van der Waals surface area contributed by atoms with Crippen molar-refractivity contribution in [2.24, 2.45) is 0 Å². The average Bonchev–Trinajstić information content (AvgIpc) is 2.22. The molecule has 1 atom stereocenters. The van der Waals surface area contributed by atoms with Gasteiger partial charge in [-0.3, -0.25) is 0 Å². The van der Waals surface area contributed by atoms with Gasteiger partial charge in [-0.15, -0.1) is 0 Å². The Kier molecular flexibility index (Phi) is 5.62. The minimum atomic E-state index is -2.95. The fourth-order valence-corrected chi connectivity index (χ4v) is 2.46. The standard InChI is InChI=1S/C12H17BrO4S/c1-9(14)11-5-4-10(13)8-12(11)17-6-3-7-18(2,15)16/h4-5,8-9,14H,3,6-7H2,1-2H3/t9-/m1/s1. The van der Waals surface area contributed by atoms with Crippen LogP contribution in [0.15, 0.2) is 22.7 Å². The first kappa shape index (κ1) is 15.5. The predicted molar refractivity (Wildman–Crippen MR) is 74.6 cm³/mol. The molecule has 0 unspecified atom stereocenters. The molecule has 4 nitrogen and oxygen atoms in total. The molecule has 0 heterocycles. The van der Waals surface area contributed by atoms with E-state index in [1.807, 2.05) is 6.07 Å². The molecule has 1 rings (SSSR count). The minimum Gasteiger partial charge on any atom is -0.493 e. The van der Waals surface area contributed by atoms with Gasteiger partial charge in [0, 0.05) is 16.3 Å². The zero-order valence-electron chi connectivity index (χ0n) is 10.4. The smallest absolute Gasteiger partial charge is 0.147 e. The number of benzene rings is 1. The molecule has 1 N–H and O–H groups in total. The Bertz CT molecular complexity index is 497. The summed E-state index contributed by atoms with van der Waals surface area (Å²) in [5, 5.41) is 9.59. The van der Waals surface area contributed by atoms with Gasteiger partial charge in [0.1, 0.15) is 15.6 Å². The van der Waals surface area contributed by atoms with Crippen molar-refractivity contribution in [2.75, 3.05) is 18.6 Å². The van der Waals surface area contributed by atoms with Gasteiger partial charge < -0.3 is 9.84 Å². The number of rotatable bonds is 6. The third-order valence-corrected chi connectivity index (χ3v) is 3.87. The third-order valence-electron chi connectivity index (χ3n) is 2.34. The topological polar surface area (TPSA) is 63.6 Å². The molecule has 0 aliphatic heterocycles. The second-order valence-electron chi connectivity index (χ2n) is 4.19. The summed E-state index contributed by atoms with van der Waals surface area (Å²) >= 11 is 3.33. The second kappa shape index (κ2) is 6.54. The zero-order valence-corrected chi connectivity index (χ0v) is 12.8. The Morgan fingerprint density at radius 2 is 2.11 bits per heavy atom. The van der Waals surface area contributed by atoms with Crippen LogP contribution in [-0.2, 0) is 9.84 Å². The van der Waals surface area contributed by atoms with Crippen LogP contribution in [0.3, 0.4) is 0 Å². The summed E-state index contributed by atoms with van der Waals surface area (Å²) in [4.78, 5) is 0. The molecule has 0 aliphatic rings. The molecule has 0 saturated carbocycles. The molecule has 0 bridgehead atoms. The molecule has 0 saturated heterocycles. The zero-order chi connectivity index (χ0) is 13.8. The van der Waals surface area contributed by atoms with Gasteiger partial charge in [0.15, 0.2) is 0 Å². The Hall–Kier alpha value is -0.590. The highest BCUT2D eigenvalue weighted by atomic mass is 79.9. The van der Waals surface area contributed by atoms with Gasteiger partial charge in [-0.25, -0.2) is 8.42 Å². The monoisotopic (exact) mass is 336 g/mol. The molecular weight excluding hydrogens is 320 g/mol. The molecule has 102 valence electrons.